The molecule has 0 unspecified atom stereocenters. The maximum Gasteiger partial charge on any atom is 0.233 e. The summed E-state index contributed by atoms with van der Waals surface area (Å²) in [4.78, 5) is 13.7. The molecule has 1 heterocycles. The molecule has 6 nitrogen and oxygen atoms in total. The second-order valence-electron chi connectivity index (χ2n) is 6.57. The van der Waals surface area contributed by atoms with Crippen LogP contribution in [0, 0.1) is 0 Å². The van der Waals surface area contributed by atoms with E-state index in [2.05, 4.69) is 4.72 Å². The number of sulfonamides is 1. The third kappa shape index (κ3) is 5.23. The summed E-state index contributed by atoms with van der Waals surface area (Å²) < 4.78 is 32.4. The maximum atomic E-state index is 12.3. The number of nitrogens with one attached hydrogen (secondary N) is 1. The average molecular weight is 388 g/mol. The maximum absolute atomic E-state index is 12.3. The molecule has 27 heavy (non-hydrogen) atoms. The van der Waals surface area contributed by atoms with Crippen LogP contribution in [0.3, 0.4) is 0 Å². The lowest BCUT2D eigenvalue weighted by Gasteiger charge is -2.26. The quantitative estimate of drug-likeness (QED) is 0.790. The number of methoxy groups -OCH3 is 1. The zero-order valence-electron chi connectivity index (χ0n) is 15.3. The van der Waals surface area contributed by atoms with Gasteiger partial charge in [-0.3, -0.25) is 9.52 Å². The van der Waals surface area contributed by atoms with E-state index in [9.17, 15) is 13.2 Å². The first kappa shape index (κ1) is 19.2. The number of nitrogens with zero attached hydrogens (tertiary/aromatic N) is 1. The first-order valence-electron chi connectivity index (χ1n) is 9.01. The van der Waals surface area contributed by atoms with E-state index in [-0.39, 0.29) is 11.7 Å². The van der Waals surface area contributed by atoms with Crippen molar-refractivity contribution in [3.8, 4) is 5.75 Å². The van der Waals surface area contributed by atoms with Crippen molar-refractivity contribution in [2.45, 2.75) is 25.7 Å². The van der Waals surface area contributed by atoms with Crippen molar-refractivity contribution in [3.63, 3.8) is 0 Å². The van der Waals surface area contributed by atoms with E-state index in [1.54, 1.807) is 36.3 Å². The van der Waals surface area contributed by atoms with Gasteiger partial charge in [0.1, 0.15) is 5.75 Å². The fourth-order valence-corrected chi connectivity index (χ4v) is 4.17. The summed E-state index contributed by atoms with van der Waals surface area (Å²) in [6.07, 6.45) is 2.91. The summed E-state index contributed by atoms with van der Waals surface area (Å²) >= 11 is 0. The predicted molar refractivity (Wildman–Crippen MR) is 107 cm³/mol. The van der Waals surface area contributed by atoms with Gasteiger partial charge in [0.2, 0.25) is 15.9 Å². The highest BCUT2D eigenvalue weighted by molar-refractivity contribution is 7.92. The Morgan fingerprint density at radius 2 is 1.74 bits per heavy atom. The normalized spacial score (nSPS) is 14.9. The van der Waals surface area contributed by atoms with E-state index in [0.29, 0.717) is 25.1 Å². The number of carbonyl (C=O) groups excluding carboxylic acids is 1. The molecule has 2 aromatic carbocycles. The van der Waals surface area contributed by atoms with Crippen LogP contribution in [0.2, 0.25) is 0 Å². The molecule has 1 fully saturated rings. The molecule has 7 heteroatoms. The lowest BCUT2D eigenvalue weighted by molar-refractivity contribution is -0.119. The van der Waals surface area contributed by atoms with Crippen molar-refractivity contribution in [3.05, 3.63) is 54.1 Å². The number of piperidine rings is 1. The van der Waals surface area contributed by atoms with Crippen LogP contribution in [-0.2, 0) is 21.2 Å². The Labute approximate surface area is 160 Å². The molecule has 2 aromatic rings. The van der Waals surface area contributed by atoms with Gasteiger partial charge in [-0.2, -0.15) is 0 Å². The number of hydrogen-bond donors (Lipinski definition) is 1. The van der Waals surface area contributed by atoms with Gasteiger partial charge < -0.3 is 9.64 Å². The first-order chi connectivity index (χ1) is 13.0. The lowest BCUT2D eigenvalue weighted by atomic mass is 10.1. The van der Waals surface area contributed by atoms with Crippen LogP contribution in [-0.4, -0.2) is 33.7 Å². The van der Waals surface area contributed by atoms with Crippen LogP contribution in [0.4, 0.5) is 11.4 Å². The van der Waals surface area contributed by atoms with Gasteiger partial charge in [0.15, 0.2) is 0 Å². The molecule has 1 saturated heterocycles. The molecular weight excluding hydrogens is 364 g/mol. The molecule has 0 spiro atoms. The Bertz CT molecular complexity index is 877. The molecule has 3 rings (SSSR count). The Balaban J connectivity index is 1.58. The number of hydrogen-bond acceptors (Lipinski definition) is 4. The van der Waals surface area contributed by atoms with E-state index in [1.165, 1.54) is 0 Å². The zero-order valence-corrected chi connectivity index (χ0v) is 16.2. The number of benzene rings is 2. The van der Waals surface area contributed by atoms with Gasteiger partial charge in [0.05, 0.1) is 12.9 Å². The number of anilines is 2. The topological polar surface area (TPSA) is 75.7 Å². The van der Waals surface area contributed by atoms with Gasteiger partial charge >= 0.3 is 0 Å². The molecular formula is C20H24N2O4S. The van der Waals surface area contributed by atoms with E-state index in [4.69, 9.17) is 4.74 Å². The largest absolute Gasteiger partial charge is 0.497 e. The minimum atomic E-state index is -3.46. The molecule has 0 radical (unpaired) electrons. The van der Waals surface area contributed by atoms with Crippen LogP contribution in [0.25, 0.3) is 0 Å². The Morgan fingerprint density at radius 3 is 2.37 bits per heavy atom. The monoisotopic (exact) mass is 388 g/mol. The summed E-state index contributed by atoms with van der Waals surface area (Å²) in [6, 6.07) is 14.3. The Morgan fingerprint density at radius 1 is 1.04 bits per heavy atom. The van der Waals surface area contributed by atoms with Crippen molar-refractivity contribution in [1.82, 2.24) is 0 Å². The minimum absolute atomic E-state index is 0.00824. The zero-order chi connectivity index (χ0) is 19.3. The average Bonchev–Trinajstić information content (AvgIpc) is 2.68. The number of amides is 1. The van der Waals surface area contributed by atoms with Crippen molar-refractivity contribution in [2.24, 2.45) is 0 Å². The summed E-state index contributed by atoms with van der Waals surface area (Å²) in [5.41, 5.74) is 2.24. The highest BCUT2D eigenvalue weighted by atomic mass is 32.2. The van der Waals surface area contributed by atoms with Crippen molar-refractivity contribution < 1.29 is 17.9 Å². The van der Waals surface area contributed by atoms with E-state index >= 15 is 0 Å². The summed E-state index contributed by atoms with van der Waals surface area (Å²) in [6.45, 7) is 0.714. The van der Waals surface area contributed by atoms with Gasteiger partial charge in [0, 0.05) is 24.3 Å². The second kappa shape index (κ2) is 8.43. The fraction of sp³-hybridized carbons (Fsp3) is 0.350. The number of ether oxygens (including phenoxy) is 1. The number of rotatable bonds is 7. The molecule has 0 aliphatic carbocycles. The van der Waals surface area contributed by atoms with Crippen LogP contribution in [0.1, 0.15) is 24.8 Å². The Kier molecular flexibility index (Phi) is 6.01. The fourth-order valence-electron chi connectivity index (χ4n) is 3.06. The summed E-state index contributed by atoms with van der Waals surface area (Å²) in [7, 11) is -1.87. The smallest absolute Gasteiger partial charge is 0.233 e. The molecule has 1 aliphatic rings. The van der Waals surface area contributed by atoms with E-state index in [1.807, 2.05) is 24.3 Å². The molecule has 1 N–H and O–H groups in total. The highest BCUT2D eigenvalue weighted by Gasteiger charge is 2.19. The highest BCUT2D eigenvalue weighted by Crippen LogP contribution is 2.23. The standard InChI is InChI=1S/C20H24N2O4S/c1-26-19-11-5-16(6-12-19)13-15-27(24,25)21-17-7-9-18(10-8-17)22-14-3-2-4-20(22)23/h5-12,21H,2-4,13-15H2,1H3. The molecule has 1 amide bonds. The molecule has 0 atom stereocenters. The first-order valence-corrected chi connectivity index (χ1v) is 10.7. The van der Waals surface area contributed by atoms with Gasteiger partial charge in [-0.25, -0.2) is 8.42 Å². The lowest BCUT2D eigenvalue weighted by Crippen LogP contribution is -2.35. The predicted octanol–water partition coefficient (Wildman–Crippen LogP) is 3.20. The molecule has 0 aromatic heterocycles. The van der Waals surface area contributed by atoms with Crippen molar-refractivity contribution in [2.75, 3.05) is 29.0 Å². The van der Waals surface area contributed by atoms with E-state index < -0.39 is 10.0 Å². The molecule has 0 saturated carbocycles. The van der Waals surface area contributed by atoms with Crippen LogP contribution in [0.15, 0.2) is 48.5 Å². The minimum Gasteiger partial charge on any atom is -0.497 e. The molecule has 0 bridgehead atoms. The second-order valence-corrected chi connectivity index (χ2v) is 8.41. The van der Waals surface area contributed by atoms with Gasteiger partial charge in [0.25, 0.3) is 0 Å². The van der Waals surface area contributed by atoms with Crippen molar-refractivity contribution >= 4 is 27.3 Å². The number of carbonyl (C=O) groups is 1. The van der Waals surface area contributed by atoms with Crippen LogP contribution in [0.5, 0.6) is 5.75 Å². The molecule has 144 valence electrons. The Hall–Kier alpha value is -2.54. The van der Waals surface area contributed by atoms with Gasteiger partial charge in [-0.1, -0.05) is 12.1 Å². The third-order valence-corrected chi connectivity index (χ3v) is 5.88. The third-order valence-electron chi connectivity index (χ3n) is 4.59. The van der Waals surface area contributed by atoms with Crippen molar-refractivity contribution in [1.29, 1.82) is 0 Å². The SMILES string of the molecule is COc1ccc(CCS(=O)(=O)Nc2ccc(N3CCCCC3=O)cc2)cc1. The number of aryl methyl sites for hydroxylation is 1. The summed E-state index contributed by atoms with van der Waals surface area (Å²) in [5, 5.41) is 0. The van der Waals surface area contributed by atoms with Crippen LogP contribution < -0.4 is 14.4 Å². The molecule has 1 aliphatic heterocycles. The summed E-state index contributed by atoms with van der Waals surface area (Å²) in [5.74, 6) is 0.854. The van der Waals surface area contributed by atoms with Gasteiger partial charge in [-0.05, 0) is 61.2 Å². The van der Waals surface area contributed by atoms with E-state index in [0.717, 1.165) is 29.8 Å². The van der Waals surface area contributed by atoms with Crippen LogP contribution >= 0.6 is 0 Å². The van der Waals surface area contributed by atoms with Gasteiger partial charge in [-0.15, -0.1) is 0 Å².